The first-order valence-electron chi connectivity index (χ1n) is 13.4. The number of nitrogens with zero attached hydrogens (tertiary/aromatic N) is 6. The lowest BCUT2D eigenvalue weighted by Crippen LogP contribution is -2.39. The monoisotopic (exact) mass is 582 g/mol. The Morgan fingerprint density at radius 1 is 1.10 bits per heavy atom. The Hall–Kier alpha value is -3.87. The van der Waals surface area contributed by atoms with Crippen molar-refractivity contribution in [1.82, 2.24) is 29.2 Å². The van der Waals surface area contributed by atoms with Gasteiger partial charge in [0.2, 0.25) is 5.88 Å². The number of benzene rings is 1. The van der Waals surface area contributed by atoms with Crippen LogP contribution in [0.4, 0.5) is 4.39 Å². The lowest BCUT2D eigenvalue weighted by molar-refractivity contribution is -0.0593. The second-order valence-corrected chi connectivity index (χ2v) is 10.7. The van der Waals surface area contributed by atoms with Crippen molar-refractivity contribution < 1.29 is 23.8 Å². The van der Waals surface area contributed by atoms with E-state index in [9.17, 15) is 19.1 Å². The summed E-state index contributed by atoms with van der Waals surface area (Å²) in [6, 6.07) is 10.4. The summed E-state index contributed by atoms with van der Waals surface area (Å²) in [6.07, 6.45) is 2.38. The lowest BCUT2D eigenvalue weighted by Gasteiger charge is -2.32. The first-order chi connectivity index (χ1) is 19.8. The highest BCUT2D eigenvalue weighted by Crippen LogP contribution is 2.24. The van der Waals surface area contributed by atoms with E-state index in [1.54, 1.807) is 12.1 Å². The molecular formula is C28H28ClFN6O5. The molecule has 2 fully saturated rings. The van der Waals surface area contributed by atoms with Crippen LogP contribution in [0.1, 0.15) is 41.1 Å². The molecule has 1 aromatic carbocycles. The van der Waals surface area contributed by atoms with E-state index in [0.717, 1.165) is 44.8 Å². The molecule has 2 saturated heterocycles. The van der Waals surface area contributed by atoms with Crippen molar-refractivity contribution in [3.8, 4) is 5.88 Å². The van der Waals surface area contributed by atoms with Gasteiger partial charge in [-0.05, 0) is 43.5 Å². The van der Waals surface area contributed by atoms with Crippen LogP contribution in [0.2, 0.25) is 5.02 Å². The number of ether oxygens (including phenoxy) is 2. The number of rotatable bonds is 9. The zero-order valence-electron chi connectivity index (χ0n) is 22.1. The van der Waals surface area contributed by atoms with E-state index in [0.29, 0.717) is 35.7 Å². The molecule has 41 heavy (non-hydrogen) atoms. The third kappa shape index (κ3) is 6.09. The molecule has 0 radical (unpaired) electrons. The van der Waals surface area contributed by atoms with Gasteiger partial charge in [0, 0.05) is 42.4 Å². The number of hydrogen-bond donors (Lipinski definition) is 1. The van der Waals surface area contributed by atoms with Gasteiger partial charge in [-0.25, -0.2) is 23.8 Å². The normalized spacial score (nSPS) is 18.0. The van der Waals surface area contributed by atoms with E-state index in [1.165, 1.54) is 35.0 Å². The Morgan fingerprint density at radius 2 is 1.90 bits per heavy atom. The summed E-state index contributed by atoms with van der Waals surface area (Å²) < 4.78 is 29.1. The van der Waals surface area contributed by atoms with Gasteiger partial charge in [-0.1, -0.05) is 17.7 Å². The fourth-order valence-electron chi connectivity index (χ4n) is 5.09. The molecule has 2 aliphatic rings. The van der Waals surface area contributed by atoms with E-state index in [4.69, 9.17) is 26.1 Å². The number of halogens is 2. The first kappa shape index (κ1) is 27.3. The van der Waals surface area contributed by atoms with E-state index in [1.807, 2.05) is 4.57 Å². The molecule has 214 valence electrons. The van der Waals surface area contributed by atoms with Gasteiger partial charge < -0.3 is 19.1 Å². The molecule has 6 rings (SSSR count). The Labute approximate surface area is 239 Å². The van der Waals surface area contributed by atoms with Crippen molar-refractivity contribution >= 4 is 28.7 Å². The molecule has 0 saturated carbocycles. The average Bonchev–Trinajstić information content (AvgIpc) is 3.26. The maximum absolute atomic E-state index is 14.2. The number of likely N-dealkylation sites (tertiary alicyclic amines) is 1. The summed E-state index contributed by atoms with van der Waals surface area (Å²) in [7, 11) is 0. The van der Waals surface area contributed by atoms with Gasteiger partial charge in [0.05, 0.1) is 25.7 Å². The van der Waals surface area contributed by atoms with Crippen molar-refractivity contribution in [1.29, 1.82) is 0 Å². The molecule has 0 bridgehead atoms. The third-order valence-corrected chi connectivity index (χ3v) is 7.67. The smallest absolute Gasteiger partial charge is 0.354 e. The van der Waals surface area contributed by atoms with Crippen LogP contribution in [-0.4, -0.2) is 72.2 Å². The van der Waals surface area contributed by atoms with E-state index < -0.39 is 11.8 Å². The van der Waals surface area contributed by atoms with Crippen LogP contribution in [0.15, 0.2) is 47.3 Å². The second-order valence-electron chi connectivity index (χ2n) is 10.3. The summed E-state index contributed by atoms with van der Waals surface area (Å²) in [5.74, 6) is -0.463. The van der Waals surface area contributed by atoms with Crippen LogP contribution in [0.25, 0.3) is 11.2 Å². The Balaban J connectivity index is 1.11. The molecule has 3 aromatic heterocycles. The fraction of sp³-hybridized carbons (Fsp3) is 0.393. The number of piperidine rings is 1. The summed E-state index contributed by atoms with van der Waals surface area (Å²) in [4.78, 5) is 35.2. The highest BCUT2D eigenvalue weighted by molar-refractivity contribution is 6.30. The van der Waals surface area contributed by atoms with Crippen LogP contribution in [0, 0.1) is 5.82 Å². The van der Waals surface area contributed by atoms with Crippen LogP contribution < -0.4 is 10.3 Å². The topological polar surface area (TPSA) is 125 Å². The first-order valence-corrected chi connectivity index (χ1v) is 13.8. The van der Waals surface area contributed by atoms with E-state index in [-0.39, 0.29) is 35.0 Å². The van der Waals surface area contributed by atoms with Gasteiger partial charge in [-0.15, -0.1) is 5.10 Å². The molecule has 4 aromatic rings. The minimum absolute atomic E-state index is 0.0177. The molecule has 0 unspecified atom stereocenters. The molecule has 5 heterocycles. The highest BCUT2D eigenvalue weighted by atomic mass is 35.5. The summed E-state index contributed by atoms with van der Waals surface area (Å²) in [5, 5.41) is 14.0. The number of fused-ring (bicyclic) bond motifs is 1. The van der Waals surface area contributed by atoms with Gasteiger partial charge in [-0.2, -0.15) is 0 Å². The van der Waals surface area contributed by atoms with E-state index >= 15 is 0 Å². The fourth-order valence-corrected chi connectivity index (χ4v) is 5.24. The van der Waals surface area contributed by atoms with Crippen LogP contribution in [0.3, 0.4) is 0 Å². The van der Waals surface area contributed by atoms with Crippen molar-refractivity contribution in [2.75, 3.05) is 19.7 Å². The molecule has 0 amide bonds. The minimum atomic E-state index is -1.08. The largest absolute Gasteiger partial charge is 0.477 e. The second kappa shape index (κ2) is 11.6. The summed E-state index contributed by atoms with van der Waals surface area (Å²) in [6.45, 7) is 3.33. The zero-order chi connectivity index (χ0) is 28.5. The van der Waals surface area contributed by atoms with Gasteiger partial charge in [0.1, 0.15) is 23.3 Å². The molecule has 0 spiro atoms. The maximum Gasteiger partial charge on any atom is 0.354 e. The Kier molecular flexibility index (Phi) is 7.69. The molecule has 1 N–H and O–H groups in total. The molecule has 11 nitrogen and oxygen atoms in total. The number of carboxylic acid groups (broad SMARTS) is 1. The number of pyridine rings is 1. The van der Waals surface area contributed by atoms with E-state index in [2.05, 4.69) is 15.0 Å². The number of carboxylic acids is 1. The predicted octanol–water partition coefficient (Wildman–Crippen LogP) is 3.36. The van der Waals surface area contributed by atoms with Crippen molar-refractivity contribution in [2.45, 2.75) is 51.1 Å². The maximum atomic E-state index is 14.2. The minimum Gasteiger partial charge on any atom is -0.477 e. The van der Waals surface area contributed by atoms with Crippen molar-refractivity contribution in [3.05, 3.63) is 80.7 Å². The highest BCUT2D eigenvalue weighted by Gasteiger charge is 2.26. The van der Waals surface area contributed by atoms with Gasteiger partial charge in [-0.3, -0.25) is 9.69 Å². The third-order valence-electron chi connectivity index (χ3n) is 7.43. The number of aromatic nitrogens is 5. The van der Waals surface area contributed by atoms with Crippen LogP contribution in [-0.2, 0) is 24.4 Å². The quantitative estimate of drug-likeness (QED) is 0.316. The standard InChI is InChI=1S/C28H28ClFN6O5/c29-18-2-1-17(21(30)13-18)14-36-26(37)6-5-25(33-36)41-19-7-10-34(11-8-19)16-24-31-22-3-4-23(28(38)39)32-27(22)35(24)15-20-9-12-40-20/h1-6,13,19-20H,7-12,14-16H2,(H,38,39)/t20-/m0/s1. The summed E-state index contributed by atoms with van der Waals surface area (Å²) in [5.41, 5.74) is 1.13. The number of aromatic carboxylic acids is 1. The van der Waals surface area contributed by atoms with Gasteiger partial charge >= 0.3 is 5.97 Å². The Morgan fingerprint density at radius 3 is 2.61 bits per heavy atom. The number of carbonyl (C=O) groups is 1. The molecule has 0 aliphatic carbocycles. The number of imidazole rings is 1. The Bertz CT molecular complexity index is 1650. The molecule has 1 atom stereocenters. The van der Waals surface area contributed by atoms with Gasteiger partial charge in [0.25, 0.3) is 5.56 Å². The SMILES string of the molecule is O=C(O)c1ccc2nc(CN3CCC(Oc4ccc(=O)n(Cc5ccc(Cl)cc5F)n4)CC3)n(C[C@@H]3CCO3)c2n1. The van der Waals surface area contributed by atoms with Gasteiger partial charge in [0.15, 0.2) is 11.3 Å². The van der Waals surface area contributed by atoms with Crippen molar-refractivity contribution in [2.24, 2.45) is 0 Å². The van der Waals surface area contributed by atoms with Crippen LogP contribution >= 0.6 is 11.6 Å². The number of hydrogen-bond acceptors (Lipinski definition) is 8. The lowest BCUT2D eigenvalue weighted by atomic mass is 10.1. The zero-order valence-corrected chi connectivity index (χ0v) is 22.8. The predicted molar refractivity (Wildman–Crippen MR) is 147 cm³/mol. The summed E-state index contributed by atoms with van der Waals surface area (Å²) >= 11 is 5.83. The van der Waals surface area contributed by atoms with Crippen LogP contribution in [0.5, 0.6) is 5.88 Å². The average molecular weight is 583 g/mol. The molecule has 13 heteroatoms. The van der Waals surface area contributed by atoms with Crippen molar-refractivity contribution in [3.63, 3.8) is 0 Å². The molecule has 2 aliphatic heterocycles. The molecular weight excluding hydrogens is 555 g/mol.